The normalized spacial score (nSPS) is 14.1. The molecule has 1 nitrogen and oxygen atoms in total. The van der Waals surface area contributed by atoms with Crippen LogP contribution in [-0.4, -0.2) is 11.3 Å². The summed E-state index contributed by atoms with van der Waals surface area (Å²) in [5, 5.41) is 8.63. The highest BCUT2D eigenvalue weighted by Gasteiger charge is 2.41. The van der Waals surface area contributed by atoms with E-state index in [0.717, 1.165) is 6.07 Å². The number of hydrogen-bond acceptors (Lipinski definition) is 1. The molecule has 1 N–H and O–H groups in total. The van der Waals surface area contributed by atoms with Gasteiger partial charge in [0.05, 0.1) is 0 Å². The molecular weight excluding hydrogens is 207 g/mol. The maximum absolute atomic E-state index is 12.7. The van der Waals surface area contributed by atoms with Gasteiger partial charge in [-0.1, -0.05) is 12.1 Å². The third-order valence-electron chi connectivity index (χ3n) is 1.59. The maximum atomic E-state index is 12.7. The Morgan fingerprint density at radius 1 is 1.14 bits per heavy atom. The van der Waals surface area contributed by atoms with Crippen molar-refractivity contribution in [2.75, 3.05) is 0 Å². The summed E-state index contributed by atoms with van der Waals surface area (Å²) >= 11 is 0. The van der Waals surface area contributed by atoms with Crippen LogP contribution >= 0.6 is 0 Å². The van der Waals surface area contributed by atoms with Crippen LogP contribution in [0.25, 0.3) is 0 Å². The molecule has 0 heterocycles. The Kier molecular flexibility index (Phi) is 2.75. The van der Waals surface area contributed by atoms with E-state index in [-0.39, 0.29) is 0 Å². The van der Waals surface area contributed by atoms with Gasteiger partial charge in [0.1, 0.15) is 0 Å². The summed E-state index contributed by atoms with van der Waals surface area (Å²) in [6.45, 7) is 0. The Labute approximate surface area is 75.8 Å². The summed E-state index contributed by atoms with van der Waals surface area (Å²) in [6.07, 6.45) is -8.01. The molecule has 1 aromatic rings. The first-order valence-electron chi connectivity index (χ1n) is 3.52. The number of aliphatic hydroxyl groups excluding tert-OH is 1. The molecule has 0 radical (unpaired) electrons. The van der Waals surface area contributed by atoms with Gasteiger partial charge in [-0.25, -0.2) is 8.78 Å². The van der Waals surface area contributed by atoms with Crippen LogP contribution in [0.1, 0.15) is 11.7 Å². The van der Waals surface area contributed by atoms with E-state index in [4.69, 9.17) is 5.11 Å². The highest BCUT2D eigenvalue weighted by atomic mass is 19.4. The predicted octanol–water partition coefficient (Wildman–Crippen LogP) is 2.56. The molecule has 0 aromatic heterocycles. The lowest BCUT2D eigenvalue weighted by Gasteiger charge is -2.15. The van der Waals surface area contributed by atoms with Crippen LogP contribution in [0.5, 0.6) is 0 Å². The van der Waals surface area contributed by atoms with Crippen molar-refractivity contribution in [3.8, 4) is 0 Å². The number of rotatable bonds is 1. The zero-order chi connectivity index (χ0) is 10.9. The average Bonchev–Trinajstić information content (AvgIpc) is 2.07. The van der Waals surface area contributed by atoms with Crippen molar-refractivity contribution in [3.63, 3.8) is 0 Å². The van der Waals surface area contributed by atoms with Crippen LogP contribution in [0.4, 0.5) is 22.0 Å². The van der Waals surface area contributed by atoms with Crippen molar-refractivity contribution < 1.29 is 27.1 Å². The van der Waals surface area contributed by atoms with Gasteiger partial charge in [-0.05, 0) is 6.07 Å². The lowest BCUT2D eigenvalue weighted by Crippen LogP contribution is -2.21. The van der Waals surface area contributed by atoms with E-state index in [0.29, 0.717) is 12.1 Å². The molecule has 78 valence electrons. The molecule has 0 aliphatic carbocycles. The molecule has 0 aliphatic heterocycles. The summed E-state index contributed by atoms with van der Waals surface area (Å²) in [7, 11) is 0. The first-order valence-corrected chi connectivity index (χ1v) is 3.52. The fourth-order valence-corrected chi connectivity index (χ4v) is 0.908. The van der Waals surface area contributed by atoms with E-state index in [1.165, 1.54) is 0 Å². The van der Waals surface area contributed by atoms with E-state index in [1.54, 1.807) is 0 Å². The Morgan fingerprint density at radius 2 is 1.71 bits per heavy atom. The summed E-state index contributed by atoms with van der Waals surface area (Å²) in [5.74, 6) is -3.11. The first kappa shape index (κ1) is 10.9. The van der Waals surface area contributed by atoms with Gasteiger partial charge in [0.15, 0.2) is 17.7 Å². The minimum absolute atomic E-state index is 0.669. The van der Waals surface area contributed by atoms with Gasteiger partial charge in [-0.3, -0.25) is 0 Å². The second kappa shape index (κ2) is 3.53. The fourth-order valence-electron chi connectivity index (χ4n) is 0.908. The maximum Gasteiger partial charge on any atom is 0.418 e. The Bertz CT molecular complexity index is 333. The lowest BCUT2D eigenvalue weighted by atomic mass is 10.1. The van der Waals surface area contributed by atoms with E-state index in [9.17, 15) is 22.0 Å². The predicted molar refractivity (Wildman–Crippen MR) is 37.4 cm³/mol. The molecule has 0 fully saturated rings. The van der Waals surface area contributed by atoms with Gasteiger partial charge in [0.2, 0.25) is 0 Å². The van der Waals surface area contributed by atoms with Crippen LogP contribution in [-0.2, 0) is 0 Å². The molecule has 0 saturated carbocycles. The van der Waals surface area contributed by atoms with E-state index < -0.39 is 29.5 Å². The summed E-state index contributed by atoms with van der Waals surface area (Å²) in [4.78, 5) is 0. The van der Waals surface area contributed by atoms with Crippen molar-refractivity contribution in [1.29, 1.82) is 0 Å². The van der Waals surface area contributed by atoms with Gasteiger partial charge in [-0.15, -0.1) is 0 Å². The molecule has 0 spiro atoms. The Balaban J connectivity index is 3.14. The van der Waals surface area contributed by atoms with E-state index in [2.05, 4.69) is 0 Å². The molecule has 14 heavy (non-hydrogen) atoms. The number of halogens is 5. The van der Waals surface area contributed by atoms with Crippen molar-refractivity contribution in [2.45, 2.75) is 12.3 Å². The smallest absolute Gasteiger partial charge is 0.379 e. The molecule has 0 saturated heterocycles. The summed E-state index contributed by atoms with van der Waals surface area (Å²) in [5.41, 5.74) is -1.11. The SMILES string of the molecule is OC(c1cccc(F)c1F)C(F)(F)F. The molecule has 1 atom stereocenters. The first-order chi connectivity index (χ1) is 6.34. The molecular formula is C8H5F5O. The Morgan fingerprint density at radius 3 is 2.21 bits per heavy atom. The van der Waals surface area contributed by atoms with Crippen molar-refractivity contribution >= 4 is 0 Å². The summed E-state index contributed by atoms with van der Waals surface area (Å²) < 4.78 is 60.9. The fraction of sp³-hybridized carbons (Fsp3) is 0.250. The number of aliphatic hydroxyl groups is 1. The van der Waals surface area contributed by atoms with Crippen LogP contribution < -0.4 is 0 Å². The zero-order valence-corrected chi connectivity index (χ0v) is 6.65. The number of hydrogen-bond donors (Lipinski definition) is 1. The molecule has 0 amide bonds. The standard InChI is InChI=1S/C8H5F5O/c9-5-3-1-2-4(6(5)10)7(14)8(11,12)13/h1-3,7,14H. The minimum atomic E-state index is -5.01. The average molecular weight is 212 g/mol. The van der Waals surface area contributed by atoms with Crippen molar-refractivity contribution in [2.24, 2.45) is 0 Å². The largest absolute Gasteiger partial charge is 0.418 e. The molecule has 0 bridgehead atoms. The second-order valence-electron chi connectivity index (χ2n) is 2.59. The van der Waals surface area contributed by atoms with Crippen LogP contribution in [0.2, 0.25) is 0 Å². The highest BCUT2D eigenvalue weighted by molar-refractivity contribution is 5.22. The molecule has 6 heteroatoms. The van der Waals surface area contributed by atoms with Gasteiger partial charge >= 0.3 is 6.18 Å². The van der Waals surface area contributed by atoms with Gasteiger partial charge in [0, 0.05) is 5.56 Å². The second-order valence-corrected chi connectivity index (χ2v) is 2.59. The minimum Gasteiger partial charge on any atom is -0.379 e. The molecule has 1 aromatic carbocycles. The topological polar surface area (TPSA) is 20.2 Å². The molecule has 0 aliphatic rings. The lowest BCUT2D eigenvalue weighted by molar-refractivity contribution is -0.207. The quantitative estimate of drug-likeness (QED) is 0.709. The van der Waals surface area contributed by atoms with E-state index >= 15 is 0 Å². The van der Waals surface area contributed by atoms with Gasteiger partial charge < -0.3 is 5.11 Å². The van der Waals surface area contributed by atoms with Crippen molar-refractivity contribution in [1.82, 2.24) is 0 Å². The number of benzene rings is 1. The van der Waals surface area contributed by atoms with Crippen LogP contribution in [0, 0.1) is 11.6 Å². The zero-order valence-electron chi connectivity index (χ0n) is 6.65. The van der Waals surface area contributed by atoms with Gasteiger partial charge in [0.25, 0.3) is 0 Å². The highest BCUT2D eigenvalue weighted by Crippen LogP contribution is 2.33. The van der Waals surface area contributed by atoms with E-state index in [1.807, 2.05) is 0 Å². The van der Waals surface area contributed by atoms with Gasteiger partial charge in [-0.2, -0.15) is 13.2 Å². The number of alkyl halides is 3. The molecule has 1 rings (SSSR count). The third-order valence-corrected chi connectivity index (χ3v) is 1.59. The Hall–Kier alpha value is -1.17. The molecule has 1 unspecified atom stereocenters. The van der Waals surface area contributed by atoms with Crippen LogP contribution in [0.3, 0.4) is 0 Å². The monoisotopic (exact) mass is 212 g/mol. The summed E-state index contributed by atoms with van der Waals surface area (Å²) in [6, 6.07) is 2.24. The van der Waals surface area contributed by atoms with Crippen LogP contribution in [0.15, 0.2) is 18.2 Å². The third kappa shape index (κ3) is 2.01. The van der Waals surface area contributed by atoms with Crippen molar-refractivity contribution in [3.05, 3.63) is 35.4 Å².